The molecule has 0 radical (unpaired) electrons. The molecule has 0 aliphatic rings. The van der Waals surface area contributed by atoms with Crippen LogP contribution in [-0.2, 0) is 107 Å². The molecule has 15 amide bonds. The van der Waals surface area contributed by atoms with Crippen LogP contribution in [0.15, 0.2) is 97.6 Å². The van der Waals surface area contributed by atoms with Crippen molar-refractivity contribution in [2.45, 2.75) is 229 Å². The number of H-pyrrole nitrogens is 2. The second kappa shape index (κ2) is 48.8. The highest BCUT2D eigenvalue weighted by Crippen LogP contribution is 2.22. The van der Waals surface area contributed by atoms with Crippen LogP contribution in [0.5, 0.6) is 5.75 Å². The van der Waals surface area contributed by atoms with Crippen molar-refractivity contribution >= 4 is 111 Å². The molecule has 3 aromatic carbocycles. The molecule has 0 fully saturated rings. The van der Waals surface area contributed by atoms with E-state index in [1.807, 2.05) is 0 Å². The maximum atomic E-state index is 15.1. The number of carbonyl (C=O) groups is 17. The van der Waals surface area contributed by atoms with E-state index in [0.29, 0.717) is 22.0 Å². The lowest BCUT2D eigenvalue weighted by Gasteiger charge is -2.30. The molecule has 28 N–H and O–H groups in total. The van der Waals surface area contributed by atoms with Crippen molar-refractivity contribution in [2.75, 3.05) is 6.54 Å². The van der Waals surface area contributed by atoms with Gasteiger partial charge in [-0.15, -0.1) is 0 Å². The Morgan fingerprint density at radius 3 is 1.37 bits per heavy atom. The Balaban J connectivity index is 1.43. The van der Waals surface area contributed by atoms with Crippen LogP contribution in [0, 0.1) is 17.8 Å². The lowest BCUT2D eigenvalue weighted by Crippen LogP contribution is -2.63. The zero-order valence-electron chi connectivity index (χ0n) is 68.4. The van der Waals surface area contributed by atoms with E-state index in [-0.39, 0.29) is 74.9 Å². The first-order valence-corrected chi connectivity index (χ1v) is 39.7. The molecule has 0 aliphatic heterocycles. The van der Waals surface area contributed by atoms with Gasteiger partial charge in [-0.1, -0.05) is 115 Å². The number of rotatable bonds is 53. The molecular weight excluding hydrogens is 1580 g/mol. The van der Waals surface area contributed by atoms with Gasteiger partial charge in [0.1, 0.15) is 78.3 Å². The first-order valence-electron chi connectivity index (χ1n) is 39.7. The minimum absolute atomic E-state index is 0.0473. The number of aliphatic carboxylic acids is 2. The van der Waals surface area contributed by atoms with Crippen molar-refractivity contribution in [2.24, 2.45) is 46.4 Å². The maximum absolute atomic E-state index is 15.1. The monoisotopic (exact) mass is 1690 g/mol. The van der Waals surface area contributed by atoms with E-state index in [2.05, 4.69) is 78.8 Å². The van der Waals surface area contributed by atoms with E-state index < -0.39 is 248 Å². The fraction of sp³-hybridized carbons (Fsp3) is 0.500. The number of amides is 15. The Kier molecular flexibility index (Phi) is 39.8. The average molecular weight is 1690 g/mol. The molecule has 2 aromatic heterocycles. The number of hydrogen-bond acceptors (Lipinski definition) is 22. The van der Waals surface area contributed by atoms with Crippen LogP contribution in [0.3, 0.4) is 0 Å². The van der Waals surface area contributed by atoms with Crippen molar-refractivity contribution in [3.63, 3.8) is 0 Å². The predicted molar refractivity (Wildman–Crippen MR) is 436 cm³/mol. The summed E-state index contributed by atoms with van der Waals surface area (Å²) in [5.74, 6) is -21.3. The predicted octanol–water partition coefficient (Wildman–Crippen LogP) is -3.76. The van der Waals surface area contributed by atoms with E-state index >= 15 is 14.4 Å². The Morgan fingerprint density at radius 2 is 0.860 bits per heavy atom. The third-order valence-corrected chi connectivity index (χ3v) is 20.1. The van der Waals surface area contributed by atoms with Crippen LogP contribution in [0.4, 0.5) is 0 Å². The molecule has 121 heavy (non-hydrogen) atoms. The molecular formula is C80H114N20O21. The molecule has 0 aliphatic carbocycles. The zero-order chi connectivity index (χ0) is 89.9. The normalized spacial score (nSPS) is 15.2. The zero-order valence-corrected chi connectivity index (χ0v) is 68.4. The number of nitrogens with zero attached hydrogens (tertiary/aromatic N) is 1. The van der Waals surface area contributed by atoms with Gasteiger partial charge in [-0.3, -0.25) is 76.7 Å². The number of unbranched alkanes of at least 4 members (excludes halogenated alkanes) is 1. The van der Waals surface area contributed by atoms with E-state index in [1.165, 1.54) is 50.6 Å². The first kappa shape index (κ1) is 98.7. The van der Waals surface area contributed by atoms with Crippen molar-refractivity contribution < 1.29 is 102 Å². The molecule has 0 unspecified atom stereocenters. The van der Waals surface area contributed by atoms with Gasteiger partial charge in [-0.2, -0.15) is 0 Å². The molecule has 0 bridgehead atoms. The third kappa shape index (κ3) is 32.4. The summed E-state index contributed by atoms with van der Waals surface area (Å²) in [5, 5.41) is 72.0. The number of carboxylic acids is 2. The molecule has 2 heterocycles. The number of aromatic amines is 2. The number of aromatic hydroxyl groups is 1. The highest BCUT2D eigenvalue weighted by molar-refractivity contribution is 6.01. The van der Waals surface area contributed by atoms with Crippen LogP contribution in [0.25, 0.3) is 10.9 Å². The molecule has 0 saturated heterocycles. The fourth-order valence-corrected chi connectivity index (χ4v) is 12.7. The topological polar surface area (TPSA) is 690 Å². The highest BCUT2D eigenvalue weighted by Gasteiger charge is 2.41. The number of fused-ring (bicyclic) bond motifs is 1. The van der Waals surface area contributed by atoms with E-state index in [9.17, 15) is 87.5 Å². The summed E-state index contributed by atoms with van der Waals surface area (Å²) < 4.78 is 0. The quantitative estimate of drug-likeness (QED) is 0.0166. The number of benzene rings is 3. The van der Waals surface area contributed by atoms with Crippen LogP contribution < -0.4 is 92.5 Å². The number of carboxylic acid groups (broad SMARTS) is 2. The lowest BCUT2D eigenvalue weighted by molar-refractivity contribution is -0.143. The summed E-state index contributed by atoms with van der Waals surface area (Å²) >= 11 is 0. The smallest absolute Gasteiger partial charge is 0.326 e. The number of hydrogen-bond donors (Lipinski definition) is 23. The number of aromatic nitrogens is 3. The molecule has 0 saturated carbocycles. The fourth-order valence-electron chi connectivity index (χ4n) is 12.7. The average Bonchev–Trinajstić information content (AvgIpc) is 1.70. The molecule has 5 aromatic rings. The SMILES string of the molecule is CC[C@H](C)[C@H](NC(=O)[C@H](Cc1ccc(O)cc1)NC(=O)[C@@H](NC(=O)[C@H](CC(=O)O)NC(=O)[C@H](CCCCN)NC(=O)[C@@H](NC(=O)[C@H](CC(N)=O)NC(=O)[C@@H](N)Cc1ccccc1)[C@@H](C)CC)[C@@H](C)O)C(=O)N[C@@H](Cc1c[nH]cn1)C(=O)N[C@@H](Cc1c[nH]c2ccccc12)C(=O)N[C@H](C(=O)N[C@@H](CCC(N)=O)C(=O)N[C@@H](CCC(N)=O)C(=O)O)C(C)C. The molecule has 5 rings (SSSR count). The molecule has 660 valence electrons. The Bertz CT molecular complexity index is 4390. The van der Waals surface area contributed by atoms with Gasteiger partial charge in [0.2, 0.25) is 88.6 Å². The second-order valence-electron chi connectivity index (χ2n) is 30.1. The summed E-state index contributed by atoms with van der Waals surface area (Å²) in [4.78, 5) is 244. The number of aliphatic hydroxyl groups excluding tert-OH is 1. The summed E-state index contributed by atoms with van der Waals surface area (Å²) in [5.41, 5.74) is 30.3. The number of nitrogens with two attached hydrogens (primary N) is 5. The van der Waals surface area contributed by atoms with Crippen molar-refractivity contribution in [1.29, 1.82) is 0 Å². The summed E-state index contributed by atoms with van der Waals surface area (Å²) in [6.07, 6.45) is -1.70. The largest absolute Gasteiger partial charge is 0.508 e. The van der Waals surface area contributed by atoms with Crippen LogP contribution in [-0.4, -0.2) is 227 Å². The highest BCUT2D eigenvalue weighted by atomic mass is 16.4. The van der Waals surface area contributed by atoms with Crippen molar-refractivity contribution in [1.82, 2.24) is 78.8 Å². The number of carbonyl (C=O) groups excluding carboxylic acids is 15. The second-order valence-corrected chi connectivity index (χ2v) is 30.1. The number of nitrogens with one attached hydrogen (secondary N) is 14. The summed E-state index contributed by atoms with van der Waals surface area (Å²) in [6, 6.07) is -0.568. The summed E-state index contributed by atoms with van der Waals surface area (Å²) in [7, 11) is 0. The van der Waals surface area contributed by atoms with Gasteiger partial charge in [0.05, 0.1) is 37.0 Å². The maximum Gasteiger partial charge on any atom is 0.326 e. The van der Waals surface area contributed by atoms with Crippen molar-refractivity contribution in [3.05, 3.63) is 120 Å². The van der Waals surface area contributed by atoms with Gasteiger partial charge in [0.25, 0.3) is 0 Å². The molecule has 41 nitrogen and oxygen atoms in total. The van der Waals surface area contributed by atoms with Gasteiger partial charge in [0.15, 0.2) is 0 Å². The van der Waals surface area contributed by atoms with Gasteiger partial charge in [-0.05, 0) is 105 Å². The molecule has 41 heteroatoms. The lowest BCUT2D eigenvalue weighted by atomic mass is 9.96. The molecule has 16 atom stereocenters. The minimum Gasteiger partial charge on any atom is -0.508 e. The summed E-state index contributed by atoms with van der Waals surface area (Å²) in [6.45, 7) is 10.7. The van der Waals surface area contributed by atoms with Crippen molar-refractivity contribution in [3.8, 4) is 5.75 Å². The van der Waals surface area contributed by atoms with Gasteiger partial charge < -0.3 is 123 Å². The van der Waals surface area contributed by atoms with Gasteiger partial charge >= 0.3 is 11.9 Å². The Morgan fingerprint density at radius 1 is 0.430 bits per heavy atom. The number of primary amides is 3. The number of phenols is 1. The van der Waals surface area contributed by atoms with E-state index in [1.54, 1.807) is 88.5 Å². The first-order chi connectivity index (χ1) is 57.2. The number of para-hydroxylation sites is 1. The van der Waals surface area contributed by atoms with Crippen LogP contribution in [0.1, 0.15) is 141 Å². The number of aliphatic hydroxyl groups is 1. The van der Waals surface area contributed by atoms with Crippen LogP contribution in [0.2, 0.25) is 0 Å². The minimum atomic E-state index is -2.08. The van der Waals surface area contributed by atoms with E-state index in [4.69, 9.17) is 28.7 Å². The number of phenolic OH excluding ortho intramolecular Hbond substituents is 1. The van der Waals surface area contributed by atoms with Gasteiger partial charge in [0, 0.05) is 55.4 Å². The standard InChI is InChI=1S/C80H114N20O21/c1-8-41(5)65(99-74(114)58(35-62(85)105)92-68(108)50(82)31-44-17-11-10-12-18-44)77(117)89-52(21-15-16-30-81)69(109)94-59(36-63(106)107)75(115)100-67(43(7)101)79(119)95-55(32-45-22-24-48(102)25-23-45)72(112)98-66(42(6)9-2)78(118)96-57(34-47-38-86-39-88-47)71(111)93-56(33-46-37-87-51-20-14-13-19-49(46)51)73(113)97-64(40(3)4)76(116)90-53(26-28-60(83)103)70(110)91-54(80(120)121)27-29-61(84)104/h10-14,17-20,22-25,37-43,50,52-59,64-67,87,101-102H,8-9,15-16,21,26-36,81-82H2,1-7H3,(H2,83,103)(H2,84,104)(H2,85,105)(H,86,88)(H,89,117)(H,90,116)(H,91,110)(H,92,108)(H,93,111)(H,94,109)(H,95,119)(H,96,118)(H,97,113)(H,98,112)(H,99,114)(H,100,115)(H,106,107)(H,120,121)/t41-,42-,43+,50-,52-,53-,54-,55-,56-,57-,58-,59-,64-,65-,66-,67-/m0/s1. The Labute approximate surface area is 697 Å². The van der Waals surface area contributed by atoms with E-state index in [0.717, 1.165) is 6.92 Å². The number of imidazole rings is 1. The third-order valence-electron chi connectivity index (χ3n) is 20.1. The van der Waals surface area contributed by atoms with Gasteiger partial charge in [-0.25, -0.2) is 9.78 Å². The molecule has 0 spiro atoms. The Hall–Kier alpha value is -12.9. The van der Waals surface area contributed by atoms with Crippen LogP contribution >= 0.6 is 0 Å².